The molecule has 59 heavy (non-hydrogen) atoms. The van der Waals surface area contributed by atoms with E-state index in [2.05, 4.69) is 15.5 Å². The first kappa shape index (κ1) is 42.5. The molecule has 0 unspecified atom stereocenters. The Hall–Kier alpha value is -6.12. The van der Waals surface area contributed by atoms with Crippen molar-refractivity contribution in [2.45, 2.75) is 30.2 Å². The molecule has 3 N–H and O–H groups in total. The highest BCUT2D eigenvalue weighted by atomic mass is 35.5. The minimum Gasteiger partial charge on any atom is -0.505 e. The number of carbonyl (C=O) groups excluding carboxylic acids is 3. The van der Waals surface area contributed by atoms with Crippen molar-refractivity contribution in [1.29, 1.82) is 0 Å². The number of carbonyl (C=O) groups is 3. The van der Waals surface area contributed by atoms with E-state index in [1.807, 2.05) is 0 Å². The quantitative estimate of drug-likeness (QED) is 0.0584. The van der Waals surface area contributed by atoms with E-state index < -0.39 is 66.3 Å². The zero-order chi connectivity index (χ0) is 43.0. The summed E-state index contributed by atoms with van der Waals surface area (Å²) in [7, 11) is -5.06. The summed E-state index contributed by atoms with van der Waals surface area (Å²) < 4.78 is 80.3. The van der Waals surface area contributed by atoms with Gasteiger partial charge in [0.2, 0.25) is 10.0 Å². The van der Waals surface area contributed by atoms with Crippen molar-refractivity contribution < 1.29 is 55.1 Å². The number of anilines is 1. The Bertz CT molecular complexity index is 2780. The van der Waals surface area contributed by atoms with Gasteiger partial charge in [0.15, 0.2) is 5.75 Å². The number of methoxy groups -OCH3 is 3. The SMILES string of the molecule is CCN(CC)S(=O)(=O)c1ccc(OC)c(N=Nc2c(O)c(C(=O)Nc3cc(Cl)c(OC)cc3OC)cc3c(CN4C(=O)c5ccccc5C4=O)c(S(=O)(=O)O)ccc23)c1. The number of imide groups is 1. The fourth-order valence-corrected chi connectivity index (χ4v) is 9.02. The number of amides is 3. The third-order valence-corrected chi connectivity index (χ3v) is 12.8. The number of hydrogen-bond acceptors (Lipinski definition) is 13. The van der Waals surface area contributed by atoms with Gasteiger partial charge in [-0.1, -0.05) is 43.6 Å². The Labute approximate surface area is 343 Å². The minimum atomic E-state index is -5.08. The van der Waals surface area contributed by atoms with Gasteiger partial charge in [-0.3, -0.25) is 23.8 Å². The minimum absolute atomic E-state index is 0.0277. The third-order valence-electron chi connectivity index (χ3n) is 9.53. The molecule has 17 nitrogen and oxygen atoms in total. The second-order valence-corrected chi connectivity index (χ2v) is 16.5. The van der Waals surface area contributed by atoms with Gasteiger partial charge in [0.25, 0.3) is 27.8 Å². The lowest BCUT2D eigenvalue weighted by molar-refractivity contribution is 0.0641. The first-order valence-electron chi connectivity index (χ1n) is 17.6. The van der Waals surface area contributed by atoms with Crippen LogP contribution < -0.4 is 19.5 Å². The number of sulfonamides is 1. The van der Waals surface area contributed by atoms with Crippen LogP contribution in [0.2, 0.25) is 5.02 Å². The molecule has 1 heterocycles. The van der Waals surface area contributed by atoms with Gasteiger partial charge < -0.3 is 24.6 Å². The fourth-order valence-electron chi connectivity index (χ4n) is 6.58. The molecule has 0 spiro atoms. The zero-order valence-corrected chi connectivity index (χ0v) is 34.4. The molecule has 5 aromatic rings. The van der Waals surface area contributed by atoms with Crippen LogP contribution in [0.5, 0.6) is 23.0 Å². The molecule has 1 aliphatic heterocycles. The largest absolute Gasteiger partial charge is 0.505 e. The lowest BCUT2D eigenvalue weighted by atomic mass is 9.98. The number of rotatable bonds is 14. The van der Waals surface area contributed by atoms with Gasteiger partial charge >= 0.3 is 0 Å². The van der Waals surface area contributed by atoms with E-state index in [1.165, 1.54) is 74.2 Å². The Balaban J connectivity index is 1.60. The van der Waals surface area contributed by atoms with Crippen molar-refractivity contribution in [3.63, 3.8) is 0 Å². The number of benzene rings is 5. The van der Waals surface area contributed by atoms with Crippen LogP contribution in [0.3, 0.4) is 0 Å². The van der Waals surface area contributed by atoms with Crippen LogP contribution in [0.15, 0.2) is 92.8 Å². The van der Waals surface area contributed by atoms with Crippen molar-refractivity contribution in [2.75, 3.05) is 39.7 Å². The average molecular weight is 866 g/mol. The summed E-state index contributed by atoms with van der Waals surface area (Å²) >= 11 is 6.34. The van der Waals surface area contributed by atoms with Gasteiger partial charge in [0.1, 0.15) is 28.6 Å². The summed E-state index contributed by atoms with van der Waals surface area (Å²) in [6.45, 7) is 3.00. The number of nitrogens with zero attached hydrogens (tertiary/aromatic N) is 4. The van der Waals surface area contributed by atoms with Crippen LogP contribution >= 0.6 is 11.6 Å². The molecule has 0 fully saturated rings. The van der Waals surface area contributed by atoms with Crippen molar-refractivity contribution in [1.82, 2.24) is 9.21 Å². The maximum Gasteiger partial charge on any atom is 0.294 e. The van der Waals surface area contributed by atoms with E-state index in [0.29, 0.717) is 0 Å². The number of hydrogen-bond donors (Lipinski definition) is 3. The molecule has 0 radical (unpaired) electrons. The van der Waals surface area contributed by atoms with E-state index in [4.69, 9.17) is 25.8 Å². The van der Waals surface area contributed by atoms with Gasteiger partial charge in [0, 0.05) is 30.1 Å². The highest BCUT2D eigenvalue weighted by Gasteiger charge is 2.37. The highest BCUT2D eigenvalue weighted by Crippen LogP contribution is 2.44. The van der Waals surface area contributed by atoms with Crippen LogP contribution in [0, 0.1) is 0 Å². The third kappa shape index (κ3) is 7.89. The average Bonchev–Trinajstić information content (AvgIpc) is 3.44. The molecule has 0 bridgehead atoms. The smallest absolute Gasteiger partial charge is 0.294 e. The second kappa shape index (κ2) is 16.6. The topological polar surface area (TPSA) is 231 Å². The fraction of sp³-hybridized carbons (Fsp3) is 0.205. The number of nitrogens with one attached hydrogen (secondary N) is 1. The summed E-state index contributed by atoms with van der Waals surface area (Å²) in [5.41, 5.74) is -1.24. The molecular weight excluding hydrogens is 830 g/mol. The Morgan fingerprint density at radius 3 is 2.02 bits per heavy atom. The molecule has 5 aromatic carbocycles. The monoisotopic (exact) mass is 865 g/mol. The van der Waals surface area contributed by atoms with Crippen molar-refractivity contribution >= 4 is 77.3 Å². The van der Waals surface area contributed by atoms with E-state index in [9.17, 15) is 40.9 Å². The van der Waals surface area contributed by atoms with E-state index in [1.54, 1.807) is 26.0 Å². The van der Waals surface area contributed by atoms with E-state index in [0.717, 1.165) is 17.0 Å². The molecular formula is C39H36ClN5O12S2. The normalized spacial score (nSPS) is 13.1. The van der Waals surface area contributed by atoms with Crippen molar-refractivity contribution in [3.8, 4) is 23.0 Å². The van der Waals surface area contributed by atoms with Gasteiger partial charge in [-0.15, -0.1) is 10.2 Å². The molecule has 3 amide bonds. The second-order valence-electron chi connectivity index (χ2n) is 12.7. The number of halogens is 1. The Kier molecular flexibility index (Phi) is 12.0. The van der Waals surface area contributed by atoms with Gasteiger partial charge in [-0.2, -0.15) is 12.7 Å². The van der Waals surface area contributed by atoms with E-state index >= 15 is 0 Å². The molecule has 0 saturated carbocycles. The predicted molar refractivity (Wildman–Crippen MR) is 216 cm³/mol. The number of fused-ring (bicyclic) bond motifs is 2. The molecule has 308 valence electrons. The van der Waals surface area contributed by atoms with Gasteiger partial charge in [-0.05, 0) is 53.9 Å². The number of phenolic OH excluding ortho intramolecular Hbond substituents is 1. The maximum absolute atomic E-state index is 14.2. The molecule has 0 aliphatic carbocycles. The van der Waals surface area contributed by atoms with Crippen LogP contribution in [0.1, 0.15) is 50.5 Å². The zero-order valence-electron chi connectivity index (χ0n) is 32.0. The van der Waals surface area contributed by atoms with Gasteiger partial charge in [0.05, 0.1) is 65.1 Å². The summed E-state index contributed by atoms with van der Waals surface area (Å²) in [4.78, 5) is 41.1. The van der Waals surface area contributed by atoms with Crippen LogP contribution in [-0.2, 0) is 26.7 Å². The summed E-state index contributed by atoms with van der Waals surface area (Å²) in [6.07, 6.45) is 0. The lowest BCUT2D eigenvalue weighted by Crippen LogP contribution is -2.30. The number of ether oxygens (including phenoxy) is 3. The number of aromatic hydroxyl groups is 1. The predicted octanol–water partition coefficient (Wildman–Crippen LogP) is 6.97. The Morgan fingerprint density at radius 1 is 0.814 bits per heavy atom. The lowest BCUT2D eigenvalue weighted by Gasteiger charge is -2.20. The standard InChI is InChI=1S/C39H36ClN5O12S2/c1-6-44(7-2)58(50,51)21-12-14-31(55-3)30(16-21)42-43-35-22-13-15-34(59(52,53)54)27(20-45-38(48)23-10-8-9-11-24(23)39(45)49)25(22)17-26(36(35)46)37(47)41-29-18-28(40)32(56-4)19-33(29)57-5/h8-19,46H,6-7,20H2,1-5H3,(H,41,47)(H,52,53,54). The van der Waals surface area contributed by atoms with Crippen molar-refractivity contribution in [2.24, 2.45) is 10.2 Å². The molecule has 0 saturated heterocycles. The highest BCUT2D eigenvalue weighted by molar-refractivity contribution is 7.89. The summed E-state index contributed by atoms with van der Waals surface area (Å²) in [5.74, 6) is -2.90. The van der Waals surface area contributed by atoms with Crippen molar-refractivity contribution in [3.05, 3.63) is 100 Å². The molecule has 20 heteroatoms. The van der Waals surface area contributed by atoms with Crippen LogP contribution in [0.25, 0.3) is 10.8 Å². The van der Waals surface area contributed by atoms with Crippen LogP contribution in [0.4, 0.5) is 17.1 Å². The first-order chi connectivity index (χ1) is 28.0. The summed E-state index contributed by atoms with van der Waals surface area (Å²) in [6, 6.07) is 15.8. The molecule has 1 aliphatic rings. The number of azo groups is 1. The van der Waals surface area contributed by atoms with Crippen LogP contribution in [-0.4, -0.2) is 87.8 Å². The maximum atomic E-state index is 14.2. The van der Waals surface area contributed by atoms with Gasteiger partial charge in [-0.25, -0.2) is 8.42 Å². The summed E-state index contributed by atoms with van der Waals surface area (Å²) in [5, 5.41) is 22.8. The number of phenols is 1. The molecule has 6 rings (SSSR count). The molecule has 0 aromatic heterocycles. The Morgan fingerprint density at radius 2 is 1.44 bits per heavy atom. The molecule has 0 atom stereocenters. The first-order valence-corrected chi connectivity index (χ1v) is 20.8. The van der Waals surface area contributed by atoms with E-state index in [-0.39, 0.29) is 79.1 Å².